The third-order valence-electron chi connectivity index (χ3n) is 6.52. The van der Waals surface area contributed by atoms with Crippen LogP contribution in [0, 0.1) is 13.8 Å². The lowest BCUT2D eigenvalue weighted by atomic mass is 9.88. The van der Waals surface area contributed by atoms with Crippen LogP contribution in [0.2, 0.25) is 0 Å². The predicted molar refractivity (Wildman–Crippen MR) is 109 cm³/mol. The summed E-state index contributed by atoms with van der Waals surface area (Å²) in [6.07, 6.45) is 6.08. The summed E-state index contributed by atoms with van der Waals surface area (Å²) in [5.74, 6) is 0.0327. The van der Waals surface area contributed by atoms with Gasteiger partial charge < -0.3 is 14.8 Å². The number of hydrogen-bond acceptors (Lipinski definition) is 4. The molecule has 3 fully saturated rings. The summed E-state index contributed by atoms with van der Waals surface area (Å²) in [6, 6.07) is 6.84. The number of hydrogen-bond donors (Lipinski definition) is 1. The van der Waals surface area contributed by atoms with Crippen LogP contribution in [0.4, 0.5) is 0 Å². The number of ether oxygens (including phenoxy) is 2. The van der Waals surface area contributed by atoms with Gasteiger partial charge in [0.25, 0.3) is 0 Å². The molecule has 0 saturated carbocycles. The lowest BCUT2D eigenvalue weighted by molar-refractivity contribution is -0.131. The van der Waals surface area contributed by atoms with Crippen molar-refractivity contribution in [2.45, 2.75) is 76.7 Å². The number of aryl methyl sites for hydroxylation is 2. The van der Waals surface area contributed by atoms with Crippen LogP contribution in [0.1, 0.15) is 55.2 Å². The Labute approximate surface area is 168 Å². The first kappa shape index (κ1) is 19.9. The molecule has 0 unspecified atom stereocenters. The minimum atomic E-state index is -0.246. The first-order valence-corrected chi connectivity index (χ1v) is 10.9. The summed E-state index contributed by atoms with van der Waals surface area (Å²) in [5, 5.41) is 3.04. The summed E-state index contributed by atoms with van der Waals surface area (Å²) >= 11 is 0. The number of likely N-dealkylation sites (tertiary alicyclic amines) is 1. The van der Waals surface area contributed by atoms with Gasteiger partial charge in [-0.05, 0) is 57.9 Å². The fraction of sp³-hybridized carbons (Fsp3) is 0.696. The molecule has 1 amide bonds. The van der Waals surface area contributed by atoms with Gasteiger partial charge in [-0.25, -0.2) is 0 Å². The zero-order valence-electron chi connectivity index (χ0n) is 17.3. The Balaban J connectivity index is 1.22. The van der Waals surface area contributed by atoms with E-state index in [0.717, 1.165) is 58.2 Å². The van der Waals surface area contributed by atoms with Crippen molar-refractivity contribution < 1.29 is 14.3 Å². The van der Waals surface area contributed by atoms with E-state index in [2.05, 4.69) is 42.3 Å². The molecule has 0 aromatic heterocycles. The summed E-state index contributed by atoms with van der Waals surface area (Å²) < 4.78 is 11.9. The van der Waals surface area contributed by atoms with E-state index >= 15 is 0 Å². The molecule has 28 heavy (non-hydrogen) atoms. The predicted octanol–water partition coefficient (Wildman–Crippen LogP) is 3.11. The van der Waals surface area contributed by atoms with Crippen molar-refractivity contribution in [1.29, 1.82) is 0 Å². The summed E-state index contributed by atoms with van der Waals surface area (Å²) in [5.41, 5.74) is 4.12. The second-order valence-corrected chi connectivity index (χ2v) is 8.98. The van der Waals surface area contributed by atoms with Crippen molar-refractivity contribution in [3.63, 3.8) is 0 Å². The SMILES string of the molecule is Cc1cc(C)cc(CN2CCC3(CC[C@H](CNC(=O)[C@@H]4CCCO4)O3)CC2)c1. The molecule has 0 radical (unpaired) electrons. The molecule has 3 aliphatic rings. The Morgan fingerprint density at radius 1 is 1.14 bits per heavy atom. The van der Waals surface area contributed by atoms with Gasteiger partial charge in [0.05, 0.1) is 11.7 Å². The molecule has 1 N–H and O–H groups in total. The zero-order chi connectivity index (χ0) is 19.6. The monoisotopic (exact) mass is 386 g/mol. The molecule has 154 valence electrons. The molecule has 0 aliphatic carbocycles. The van der Waals surface area contributed by atoms with Crippen LogP contribution in [0.25, 0.3) is 0 Å². The van der Waals surface area contributed by atoms with Crippen LogP contribution < -0.4 is 5.32 Å². The maximum Gasteiger partial charge on any atom is 0.249 e. The van der Waals surface area contributed by atoms with Gasteiger partial charge in [-0.1, -0.05) is 29.3 Å². The average Bonchev–Trinajstić information content (AvgIpc) is 3.32. The Bertz CT molecular complexity index is 671. The Morgan fingerprint density at radius 2 is 1.89 bits per heavy atom. The van der Waals surface area contributed by atoms with Crippen molar-refractivity contribution in [2.24, 2.45) is 0 Å². The molecule has 3 saturated heterocycles. The third kappa shape index (κ3) is 4.76. The van der Waals surface area contributed by atoms with Crippen molar-refractivity contribution in [3.05, 3.63) is 34.9 Å². The fourth-order valence-electron chi connectivity index (χ4n) is 5.06. The van der Waals surface area contributed by atoms with Gasteiger partial charge in [0.15, 0.2) is 0 Å². The molecule has 3 aliphatic heterocycles. The fourth-order valence-corrected chi connectivity index (χ4v) is 5.06. The zero-order valence-corrected chi connectivity index (χ0v) is 17.3. The van der Waals surface area contributed by atoms with Crippen molar-refractivity contribution in [1.82, 2.24) is 10.2 Å². The van der Waals surface area contributed by atoms with Crippen LogP contribution in [-0.4, -0.2) is 54.9 Å². The Hall–Kier alpha value is -1.43. The summed E-state index contributed by atoms with van der Waals surface area (Å²) in [4.78, 5) is 14.7. The second kappa shape index (κ2) is 8.52. The second-order valence-electron chi connectivity index (χ2n) is 8.98. The van der Waals surface area contributed by atoms with E-state index in [-0.39, 0.29) is 23.7 Å². The molecular formula is C23H34N2O3. The molecule has 1 aromatic rings. The van der Waals surface area contributed by atoms with Gasteiger partial charge >= 0.3 is 0 Å². The number of nitrogens with zero attached hydrogens (tertiary/aromatic N) is 1. The van der Waals surface area contributed by atoms with Crippen LogP contribution in [0.3, 0.4) is 0 Å². The highest BCUT2D eigenvalue weighted by molar-refractivity contribution is 5.80. The molecule has 5 heteroatoms. The van der Waals surface area contributed by atoms with E-state index in [1.165, 1.54) is 16.7 Å². The van der Waals surface area contributed by atoms with E-state index in [9.17, 15) is 4.79 Å². The van der Waals surface area contributed by atoms with Gasteiger partial charge in [0.2, 0.25) is 5.91 Å². The van der Waals surface area contributed by atoms with Gasteiger partial charge in [-0.15, -0.1) is 0 Å². The highest BCUT2D eigenvalue weighted by Crippen LogP contribution is 2.39. The van der Waals surface area contributed by atoms with E-state index in [0.29, 0.717) is 13.2 Å². The van der Waals surface area contributed by atoms with Crippen molar-refractivity contribution in [3.8, 4) is 0 Å². The number of carbonyl (C=O) groups excluding carboxylic acids is 1. The van der Waals surface area contributed by atoms with Gasteiger partial charge in [0, 0.05) is 32.8 Å². The molecule has 1 aromatic carbocycles. The highest BCUT2D eigenvalue weighted by atomic mass is 16.5. The quantitative estimate of drug-likeness (QED) is 0.845. The van der Waals surface area contributed by atoms with E-state index in [4.69, 9.17) is 9.47 Å². The molecule has 5 nitrogen and oxygen atoms in total. The highest BCUT2D eigenvalue weighted by Gasteiger charge is 2.42. The standard InChI is InChI=1S/C23H34N2O3/c1-17-12-18(2)14-19(13-17)16-25-9-7-23(8-10-25)6-5-20(28-23)15-24-22(26)21-4-3-11-27-21/h12-14,20-21H,3-11,15-16H2,1-2H3,(H,24,26)/t20-,21+/m1/s1. The minimum Gasteiger partial charge on any atom is -0.370 e. The Kier molecular flexibility index (Phi) is 6.04. The molecule has 2 atom stereocenters. The lowest BCUT2D eigenvalue weighted by Crippen LogP contribution is -2.45. The van der Waals surface area contributed by atoms with Gasteiger partial charge in [-0.3, -0.25) is 9.69 Å². The first-order valence-electron chi connectivity index (χ1n) is 10.9. The topological polar surface area (TPSA) is 50.8 Å². The minimum absolute atomic E-state index is 0.0261. The van der Waals surface area contributed by atoms with Crippen LogP contribution in [-0.2, 0) is 20.8 Å². The van der Waals surface area contributed by atoms with Crippen LogP contribution >= 0.6 is 0 Å². The number of amides is 1. The number of rotatable bonds is 5. The number of benzene rings is 1. The molecule has 4 rings (SSSR count). The van der Waals surface area contributed by atoms with Crippen molar-refractivity contribution in [2.75, 3.05) is 26.2 Å². The lowest BCUT2D eigenvalue weighted by Gasteiger charge is -2.39. The van der Waals surface area contributed by atoms with E-state index in [1.54, 1.807) is 0 Å². The summed E-state index contributed by atoms with van der Waals surface area (Å²) in [6.45, 7) is 8.87. The van der Waals surface area contributed by atoms with Crippen LogP contribution in [0.15, 0.2) is 18.2 Å². The van der Waals surface area contributed by atoms with E-state index < -0.39 is 0 Å². The average molecular weight is 387 g/mol. The number of nitrogens with one attached hydrogen (secondary N) is 1. The third-order valence-corrected chi connectivity index (χ3v) is 6.52. The van der Waals surface area contributed by atoms with E-state index in [1.807, 2.05) is 0 Å². The maximum absolute atomic E-state index is 12.1. The molecule has 1 spiro atoms. The molecule has 3 heterocycles. The smallest absolute Gasteiger partial charge is 0.249 e. The first-order chi connectivity index (χ1) is 13.5. The van der Waals surface area contributed by atoms with Crippen LogP contribution in [0.5, 0.6) is 0 Å². The van der Waals surface area contributed by atoms with Crippen molar-refractivity contribution >= 4 is 5.91 Å². The normalized spacial score (nSPS) is 27.4. The largest absolute Gasteiger partial charge is 0.370 e. The number of piperidine rings is 1. The molecule has 0 bridgehead atoms. The molecular weight excluding hydrogens is 352 g/mol. The number of carbonyl (C=O) groups is 1. The van der Waals surface area contributed by atoms with Gasteiger partial charge in [-0.2, -0.15) is 0 Å². The Morgan fingerprint density at radius 3 is 2.57 bits per heavy atom. The van der Waals surface area contributed by atoms with Gasteiger partial charge in [0.1, 0.15) is 6.10 Å². The summed E-state index contributed by atoms with van der Waals surface area (Å²) in [7, 11) is 0. The maximum atomic E-state index is 12.1.